The number of amides is 2. The van der Waals surface area contributed by atoms with Gasteiger partial charge in [-0.1, -0.05) is 31.1 Å². The van der Waals surface area contributed by atoms with Gasteiger partial charge in [0.05, 0.1) is 5.51 Å². The van der Waals surface area contributed by atoms with E-state index in [4.69, 9.17) is 0 Å². The zero-order valence-corrected chi connectivity index (χ0v) is 15.4. The molecule has 0 atom stereocenters. The van der Waals surface area contributed by atoms with Gasteiger partial charge >= 0.3 is 0 Å². The molecule has 3 rings (SSSR count). The number of hydrogen-bond acceptors (Lipinski definition) is 5. The Morgan fingerprint density at radius 2 is 2.00 bits per heavy atom. The van der Waals surface area contributed by atoms with Crippen LogP contribution in [0.25, 0.3) is 0 Å². The molecule has 2 amide bonds. The number of thiazole rings is 1. The standard InChI is InChI=1S/C19H20N4O2S/c1-14(24)22-17-6-5-15(11-20-17)7-10-19(8-3-2-4-9-19)23-18(25)16-12-26-13-21-16/h5-6,11-13H,2-4,8-9H2,1H3,(H,23,25)(H,20,22,24). The Hall–Kier alpha value is -2.72. The number of nitrogens with one attached hydrogen (secondary N) is 2. The largest absolute Gasteiger partial charge is 0.334 e. The first-order chi connectivity index (χ1) is 12.6. The van der Waals surface area contributed by atoms with Crippen LogP contribution in [-0.2, 0) is 4.79 Å². The third kappa shape index (κ3) is 4.67. The SMILES string of the molecule is CC(=O)Nc1ccc(C#CC2(NC(=O)c3cscn3)CCCCC2)cn1. The minimum absolute atomic E-state index is 0.165. The van der Waals surface area contributed by atoms with Crippen LogP contribution in [0.15, 0.2) is 29.2 Å². The fraction of sp³-hybridized carbons (Fsp3) is 0.368. The summed E-state index contributed by atoms with van der Waals surface area (Å²) in [5.74, 6) is 6.55. The number of rotatable bonds is 3. The molecule has 0 bridgehead atoms. The van der Waals surface area contributed by atoms with E-state index in [1.165, 1.54) is 18.3 Å². The maximum Gasteiger partial charge on any atom is 0.271 e. The van der Waals surface area contributed by atoms with Crippen molar-refractivity contribution in [1.82, 2.24) is 15.3 Å². The maximum absolute atomic E-state index is 12.5. The molecule has 1 fully saturated rings. The highest BCUT2D eigenvalue weighted by molar-refractivity contribution is 7.07. The monoisotopic (exact) mass is 368 g/mol. The highest BCUT2D eigenvalue weighted by Crippen LogP contribution is 2.28. The first-order valence-electron chi connectivity index (χ1n) is 8.54. The van der Waals surface area contributed by atoms with E-state index in [9.17, 15) is 9.59 Å². The van der Waals surface area contributed by atoms with Gasteiger partial charge in [-0.25, -0.2) is 9.97 Å². The van der Waals surface area contributed by atoms with Crippen molar-refractivity contribution < 1.29 is 9.59 Å². The number of nitrogens with zero attached hydrogens (tertiary/aromatic N) is 2. The first-order valence-corrected chi connectivity index (χ1v) is 9.48. The van der Waals surface area contributed by atoms with Gasteiger partial charge in [0.2, 0.25) is 5.91 Å². The summed E-state index contributed by atoms with van der Waals surface area (Å²) in [6.45, 7) is 1.44. The first kappa shape index (κ1) is 18.1. The molecule has 7 heteroatoms. The molecule has 1 aliphatic carbocycles. The van der Waals surface area contributed by atoms with Gasteiger partial charge in [0.25, 0.3) is 5.91 Å². The fourth-order valence-corrected chi connectivity index (χ4v) is 3.49. The number of aromatic nitrogens is 2. The van der Waals surface area contributed by atoms with E-state index in [0.29, 0.717) is 11.5 Å². The van der Waals surface area contributed by atoms with Crippen LogP contribution < -0.4 is 10.6 Å². The highest BCUT2D eigenvalue weighted by atomic mass is 32.1. The fourth-order valence-electron chi connectivity index (χ4n) is 2.96. The van der Waals surface area contributed by atoms with Crippen molar-refractivity contribution in [3.05, 3.63) is 40.5 Å². The molecule has 1 saturated carbocycles. The molecule has 2 heterocycles. The summed E-state index contributed by atoms with van der Waals surface area (Å²) in [7, 11) is 0. The summed E-state index contributed by atoms with van der Waals surface area (Å²) in [6, 6.07) is 3.52. The molecule has 0 aliphatic heterocycles. The molecular weight excluding hydrogens is 348 g/mol. The lowest BCUT2D eigenvalue weighted by Gasteiger charge is -2.33. The van der Waals surface area contributed by atoms with Crippen molar-refractivity contribution in [3.63, 3.8) is 0 Å². The second-order valence-electron chi connectivity index (χ2n) is 6.33. The molecule has 26 heavy (non-hydrogen) atoms. The Labute approximate surface area is 156 Å². The van der Waals surface area contributed by atoms with Crippen molar-refractivity contribution in [3.8, 4) is 11.8 Å². The second-order valence-corrected chi connectivity index (χ2v) is 7.05. The number of carbonyl (C=O) groups is 2. The molecule has 6 nitrogen and oxygen atoms in total. The van der Waals surface area contributed by atoms with Crippen LogP contribution in [0.2, 0.25) is 0 Å². The quantitative estimate of drug-likeness (QED) is 0.816. The molecule has 2 aromatic heterocycles. The van der Waals surface area contributed by atoms with Gasteiger partial charge in [-0.05, 0) is 25.0 Å². The van der Waals surface area contributed by atoms with Gasteiger partial charge < -0.3 is 10.6 Å². The smallest absolute Gasteiger partial charge is 0.271 e. The van der Waals surface area contributed by atoms with E-state index in [-0.39, 0.29) is 11.8 Å². The lowest BCUT2D eigenvalue weighted by atomic mass is 9.82. The van der Waals surface area contributed by atoms with Crippen molar-refractivity contribution in [2.75, 3.05) is 5.32 Å². The normalized spacial score (nSPS) is 15.4. The van der Waals surface area contributed by atoms with Crippen molar-refractivity contribution in [2.24, 2.45) is 0 Å². The Bertz CT molecular complexity index is 829. The van der Waals surface area contributed by atoms with Gasteiger partial charge in [-0.15, -0.1) is 11.3 Å². The minimum Gasteiger partial charge on any atom is -0.334 e. The summed E-state index contributed by atoms with van der Waals surface area (Å²) >= 11 is 1.40. The van der Waals surface area contributed by atoms with Gasteiger partial charge in [-0.2, -0.15) is 0 Å². The summed E-state index contributed by atoms with van der Waals surface area (Å²) < 4.78 is 0. The lowest BCUT2D eigenvalue weighted by molar-refractivity contribution is -0.114. The lowest BCUT2D eigenvalue weighted by Crippen LogP contribution is -2.48. The molecule has 0 aromatic carbocycles. The Balaban J connectivity index is 1.77. The molecule has 0 unspecified atom stereocenters. The average molecular weight is 368 g/mol. The summed E-state index contributed by atoms with van der Waals surface area (Å²) in [4.78, 5) is 31.8. The van der Waals surface area contributed by atoms with Crippen molar-refractivity contribution >= 4 is 29.0 Å². The van der Waals surface area contributed by atoms with Gasteiger partial charge in [0.15, 0.2) is 0 Å². The molecule has 0 radical (unpaired) electrons. The van der Waals surface area contributed by atoms with Crippen LogP contribution in [-0.4, -0.2) is 27.3 Å². The number of anilines is 1. The summed E-state index contributed by atoms with van der Waals surface area (Å²) in [5, 5.41) is 7.46. The maximum atomic E-state index is 12.5. The van der Waals surface area contributed by atoms with Crippen molar-refractivity contribution in [2.45, 2.75) is 44.6 Å². The van der Waals surface area contributed by atoms with Crippen LogP contribution in [0.5, 0.6) is 0 Å². The molecule has 0 spiro atoms. The summed E-state index contributed by atoms with van der Waals surface area (Å²) in [6.07, 6.45) is 6.50. The third-order valence-electron chi connectivity index (χ3n) is 4.24. The molecule has 1 aliphatic rings. The second kappa shape index (κ2) is 8.11. The predicted octanol–water partition coefficient (Wildman–Crippen LogP) is 2.98. The zero-order valence-electron chi connectivity index (χ0n) is 14.5. The molecule has 2 aromatic rings. The Morgan fingerprint density at radius 3 is 2.62 bits per heavy atom. The molecule has 134 valence electrons. The Morgan fingerprint density at radius 1 is 1.19 bits per heavy atom. The van der Waals surface area contributed by atoms with Crippen molar-refractivity contribution in [1.29, 1.82) is 0 Å². The molecule has 2 N–H and O–H groups in total. The van der Waals surface area contributed by atoms with Gasteiger partial charge in [-0.3, -0.25) is 9.59 Å². The average Bonchev–Trinajstić information content (AvgIpc) is 3.16. The number of pyridine rings is 1. The summed E-state index contributed by atoms with van der Waals surface area (Å²) in [5.41, 5.74) is 2.29. The zero-order chi connectivity index (χ0) is 18.4. The van der Waals surface area contributed by atoms with Crippen LogP contribution in [0.3, 0.4) is 0 Å². The van der Waals surface area contributed by atoms with Crippen LogP contribution in [0.1, 0.15) is 55.1 Å². The van der Waals surface area contributed by atoms with Gasteiger partial charge in [0, 0.05) is 24.1 Å². The third-order valence-corrected chi connectivity index (χ3v) is 4.83. The highest BCUT2D eigenvalue weighted by Gasteiger charge is 2.32. The van der Waals surface area contributed by atoms with E-state index in [2.05, 4.69) is 32.4 Å². The topological polar surface area (TPSA) is 84.0 Å². The molecular formula is C19H20N4O2S. The predicted molar refractivity (Wildman–Crippen MR) is 101 cm³/mol. The van der Waals surface area contributed by atoms with Crippen LogP contribution in [0, 0.1) is 11.8 Å². The Kier molecular flexibility index (Phi) is 5.64. The van der Waals surface area contributed by atoms with E-state index in [1.54, 1.807) is 23.2 Å². The van der Waals surface area contributed by atoms with E-state index >= 15 is 0 Å². The number of hydrogen-bond donors (Lipinski definition) is 2. The van der Waals surface area contributed by atoms with E-state index < -0.39 is 5.54 Å². The van der Waals surface area contributed by atoms with Gasteiger partial charge in [0.1, 0.15) is 17.1 Å². The minimum atomic E-state index is -0.532. The van der Waals surface area contributed by atoms with E-state index in [1.807, 2.05) is 6.07 Å². The van der Waals surface area contributed by atoms with Crippen LogP contribution >= 0.6 is 11.3 Å². The molecule has 0 saturated heterocycles. The van der Waals surface area contributed by atoms with Crippen LogP contribution in [0.4, 0.5) is 5.82 Å². The number of carbonyl (C=O) groups excluding carboxylic acids is 2. The van der Waals surface area contributed by atoms with E-state index in [0.717, 1.165) is 37.7 Å².